The van der Waals surface area contributed by atoms with Crippen LogP contribution in [0.25, 0.3) is 0 Å². The van der Waals surface area contributed by atoms with Crippen molar-refractivity contribution >= 4 is 17.2 Å². The second kappa shape index (κ2) is 4.40. The molecule has 1 amide bonds. The maximum Gasteiger partial charge on any atom is 0.242 e. The molecule has 4 N–H and O–H groups in total. The lowest BCUT2D eigenvalue weighted by atomic mass is 9.64. The lowest BCUT2D eigenvalue weighted by Crippen LogP contribution is -2.62. The largest absolute Gasteiger partial charge is 0.392 e. The normalized spacial score (nSPS) is 28.2. The van der Waals surface area contributed by atoms with Crippen LogP contribution in [0.5, 0.6) is 0 Å². The molecule has 0 bridgehead atoms. The fourth-order valence-corrected chi connectivity index (χ4v) is 2.73. The van der Waals surface area contributed by atoms with Gasteiger partial charge in [0.2, 0.25) is 5.91 Å². The number of hydrogen-bond acceptors (Lipinski definition) is 4. The average molecular weight is 254 g/mol. The Labute approximate surface area is 105 Å². The van der Waals surface area contributed by atoms with Crippen LogP contribution in [0.2, 0.25) is 0 Å². The molecule has 1 fully saturated rings. The Morgan fingerprint density at radius 3 is 2.88 bits per heavy atom. The van der Waals surface area contributed by atoms with E-state index in [-0.39, 0.29) is 23.5 Å². The standard InChI is InChI=1S/C12H18N2O2S/c1-12(2)8(6-9(12)15)14-11(16)10(13)7-4-3-5-17-7/h3-5,8-10,15H,6,13H2,1-2H3,(H,14,16). The number of thiophene rings is 1. The second-order valence-corrected chi connectivity index (χ2v) is 6.11. The van der Waals surface area contributed by atoms with Gasteiger partial charge in [-0.15, -0.1) is 11.3 Å². The number of aliphatic hydroxyl groups is 1. The van der Waals surface area contributed by atoms with Gasteiger partial charge in [-0.1, -0.05) is 19.9 Å². The van der Waals surface area contributed by atoms with Gasteiger partial charge in [0.1, 0.15) is 6.04 Å². The molecule has 1 aliphatic carbocycles. The van der Waals surface area contributed by atoms with E-state index in [1.54, 1.807) is 0 Å². The molecule has 0 saturated heterocycles. The Bertz CT molecular complexity index is 403. The summed E-state index contributed by atoms with van der Waals surface area (Å²) >= 11 is 1.48. The zero-order valence-corrected chi connectivity index (χ0v) is 10.8. The maximum absolute atomic E-state index is 11.9. The molecule has 1 saturated carbocycles. The van der Waals surface area contributed by atoms with Gasteiger partial charge < -0.3 is 16.2 Å². The number of carbonyl (C=O) groups is 1. The molecule has 5 heteroatoms. The number of nitrogens with one attached hydrogen (secondary N) is 1. The molecule has 94 valence electrons. The maximum atomic E-state index is 11.9. The number of amides is 1. The first-order valence-electron chi connectivity index (χ1n) is 5.70. The fourth-order valence-electron chi connectivity index (χ4n) is 2.01. The van der Waals surface area contributed by atoms with Crippen molar-refractivity contribution in [3.63, 3.8) is 0 Å². The van der Waals surface area contributed by atoms with E-state index in [0.717, 1.165) is 4.88 Å². The number of nitrogens with two attached hydrogens (primary N) is 1. The molecule has 0 spiro atoms. The van der Waals surface area contributed by atoms with E-state index in [9.17, 15) is 9.90 Å². The molecule has 1 aromatic heterocycles. The smallest absolute Gasteiger partial charge is 0.242 e. The van der Waals surface area contributed by atoms with Crippen LogP contribution in [0.4, 0.5) is 0 Å². The summed E-state index contributed by atoms with van der Waals surface area (Å²) in [7, 11) is 0. The first-order chi connectivity index (χ1) is 7.93. The van der Waals surface area contributed by atoms with Crippen LogP contribution in [-0.2, 0) is 4.79 Å². The number of hydrogen-bond donors (Lipinski definition) is 3. The summed E-state index contributed by atoms with van der Waals surface area (Å²) in [6.45, 7) is 3.89. The molecule has 1 heterocycles. The predicted molar refractivity (Wildman–Crippen MR) is 67.6 cm³/mol. The van der Waals surface area contributed by atoms with E-state index in [2.05, 4.69) is 5.32 Å². The van der Waals surface area contributed by atoms with E-state index < -0.39 is 6.04 Å². The van der Waals surface area contributed by atoms with Gasteiger partial charge in [0.15, 0.2) is 0 Å². The third-order valence-corrected chi connectivity index (χ3v) is 4.62. The highest BCUT2D eigenvalue weighted by atomic mass is 32.1. The van der Waals surface area contributed by atoms with Crippen molar-refractivity contribution in [1.29, 1.82) is 0 Å². The molecule has 0 aliphatic heterocycles. The minimum atomic E-state index is -0.608. The van der Waals surface area contributed by atoms with Crippen molar-refractivity contribution in [3.8, 4) is 0 Å². The number of carbonyl (C=O) groups excluding carboxylic acids is 1. The topological polar surface area (TPSA) is 75.3 Å². The van der Waals surface area contributed by atoms with Gasteiger partial charge in [-0.05, 0) is 17.9 Å². The van der Waals surface area contributed by atoms with E-state index in [0.29, 0.717) is 6.42 Å². The highest BCUT2D eigenvalue weighted by Gasteiger charge is 2.48. The predicted octanol–water partition coefficient (Wildman–Crippen LogP) is 1.02. The van der Waals surface area contributed by atoms with Crippen molar-refractivity contribution in [2.24, 2.45) is 11.1 Å². The Hall–Kier alpha value is -0.910. The van der Waals surface area contributed by atoms with Crippen LogP contribution >= 0.6 is 11.3 Å². The van der Waals surface area contributed by atoms with Gasteiger partial charge in [-0.25, -0.2) is 0 Å². The third-order valence-electron chi connectivity index (χ3n) is 3.66. The van der Waals surface area contributed by atoms with Crippen LogP contribution in [0.15, 0.2) is 17.5 Å². The molecule has 3 unspecified atom stereocenters. The first-order valence-corrected chi connectivity index (χ1v) is 6.58. The SMILES string of the molecule is CC1(C)C(O)CC1NC(=O)C(N)c1cccs1. The quantitative estimate of drug-likeness (QED) is 0.754. The molecule has 1 aliphatic rings. The van der Waals surface area contributed by atoms with Crippen molar-refractivity contribution in [2.75, 3.05) is 0 Å². The lowest BCUT2D eigenvalue weighted by Gasteiger charge is -2.49. The van der Waals surface area contributed by atoms with Gasteiger partial charge in [0.05, 0.1) is 6.10 Å². The van der Waals surface area contributed by atoms with E-state index in [1.807, 2.05) is 31.4 Å². The summed E-state index contributed by atoms with van der Waals surface area (Å²) in [5, 5.41) is 14.4. The molecule has 4 nitrogen and oxygen atoms in total. The molecule has 0 radical (unpaired) electrons. The van der Waals surface area contributed by atoms with Gasteiger partial charge >= 0.3 is 0 Å². The van der Waals surface area contributed by atoms with Crippen molar-refractivity contribution in [2.45, 2.75) is 38.5 Å². The molecular formula is C12H18N2O2S. The summed E-state index contributed by atoms with van der Waals surface area (Å²) in [4.78, 5) is 12.8. The molecule has 1 aromatic rings. The van der Waals surface area contributed by atoms with E-state index in [1.165, 1.54) is 11.3 Å². The minimum absolute atomic E-state index is 0.0102. The molecule has 17 heavy (non-hydrogen) atoms. The second-order valence-electron chi connectivity index (χ2n) is 5.13. The fraction of sp³-hybridized carbons (Fsp3) is 0.583. The Kier molecular flexibility index (Phi) is 3.25. The van der Waals surface area contributed by atoms with Gasteiger partial charge in [-0.3, -0.25) is 4.79 Å². The van der Waals surface area contributed by atoms with E-state index in [4.69, 9.17) is 5.73 Å². The van der Waals surface area contributed by atoms with Crippen LogP contribution < -0.4 is 11.1 Å². The average Bonchev–Trinajstić information content (AvgIpc) is 2.81. The van der Waals surface area contributed by atoms with Crippen LogP contribution in [0.3, 0.4) is 0 Å². The molecular weight excluding hydrogens is 236 g/mol. The molecule has 3 atom stereocenters. The van der Waals surface area contributed by atoms with Crippen LogP contribution in [-0.4, -0.2) is 23.2 Å². The Morgan fingerprint density at radius 1 is 1.71 bits per heavy atom. The number of aliphatic hydroxyl groups excluding tert-OH is 1. The lowest BCUT2D eigenvalue weighted by molar-refractivity contribution is -0.130. The van der Waals surface area contributed by atoms with E-state index >= 15 is 0 Å². The Morgan fingerprint density at radius 2 is 2.41 bits per heavy atom. The number of rotatable bonds is 3. The monoisotopic (exact) mass is 254 g/mol. The van der Waals surface area contributed by atoms with Gasteiger partial charge in [0, 0.05) is 16.3 Å². The highest BCUT2D eigenvalue weighted by molar-refractivity contribution is 7.10. The zero-order chi connectivity index (χ0) is 12.6. The summed E-state index contributed by atoms with van der Waals surface area (Å²) in [5.74, 6) is -0.169. The molecule has 2 rings (SSSR count). The van der Waals surface area contributed by atoms with Crippen molar-refractivity contribution < 1.29 is 9.90 Å². The Balaban J connectivity index is 1.95. The minimum Gasteiger partial charge on any atom is -0.392 e. The summed E-state index contributed by atoms with van der Waals surface area (Å²) < 4.78 is 0. The van der Waals surface area contributed by atoms with Gasteiger partial charge in [-0.2, -0.15) is 0 Å². The third kappa shape index (κ3) is 2.22. The van der Waals surface area contributed by atoms with Crippen LogP contribution in [0, 0.1) is 5.41 Å². The summed E-state index contributed by atoms with van der Waals surface area (Å²) in [5.41, 5.74) is 5.61. The first kappa shape index (κ1) is 12.5. The molecule has 0 aromatic carbocycles. The van der Waals surface area contributed by atoms with Crippen molar-refractivity contribution in [1.82, 2.24) is 5.32 Å². The summed E-state index contributed by atoms with van der Waals surface area (Å²) in [6.07, 6.45) is 0.265. The van der Waals surface area contributed by atoms with Crippen molar-refractivity contribution in [3.05, 3.63) is 22.4 Å². The highest BCUT2D eigenvalue weighted by Crippen LogP contribution is 2.40. The zero-order valence-electron chi connectivity index (χ0n) is 10.0. The van der Waals surface area contributed by atoms with Crippen LogP contribution in [0.1, 0.15) is 31.2 Å². The summed E-state index contributed by atoms with van der Waals surface area (Å²) in [6, 6.07) is 3.14. The van der Waals surface area contributed by atoms with Gasteiger partial charge in [0.25, 0.3) is 0 Å².